The highest BCUT2D eigenvalue weighted by Crippen LogP contribution is 2.37. The van der Waals surface area contributed by atoms with Crippen LogP contribution in [0.4, 0.5) is 0 Å². The van der Waals surface area contributed by atoms with Crippen LogP contribution in [0.5, 0.6) is 5.75 Å². The zero-order chi connectivity index (χ0) is 17.3. The van der Waals surface area contributed by atoms with Crippen molar-refractivity contribution in [1.82, 2.24) is 4.90 Å². The van der Waals surface area contributed by atoms with E-state index >= 15 is 0 Å². The van der Waals surface area contributed by atoms with E-state index in [1.807, 2.05) is 24.8 Å². The highest BCUT2D eigenvalue weighted by Gasteiger charge is 2.39. The van der Waals surface area contributed by atoms with Crippen LogP contribution >= 0.6 is 0 Å². The number of hydrogen-bond donors (Lipinski definition) is 1. The maximum Gasteiger partial charge on any atom is 0.223 e. The first-order chi connectivity index (χ1) is 11.4. The number of aliphatic hydroxyl groups is 1. The van der Waals surface area contributed by atoms with Crippen molar-refractivity contribution in [2.45, 2.75) is 69.9 Å². The van der Waals surface area contributed by atoms with Crippen LogP contribution in [0, 0.1) is 0 Å². The van der Waals surface area contributed by atoms with Crippen LogP contribution in [0.15, 0.2) is 18.2 Å². The van der Waals surface area contributed by atoms with Gasteiger partial charge in [0.2, 0.25) is 5.91 Å². The van der Waals surface area contributed by atoms with Gasteiger partial charge in [-0.2, -0.15) is 0 Å². The van der Waals surface area contributed by atoms with E-state index in [4.69, 9.17) is 4.74 Å². The Balaban J connectivity index is 1.74. The summed E-state index contributed by atoms with van der Waals surface area (Å²) in [6.45, 7) is 4.40. The van der Waals surface area contributed by atoms with Crippen molar-refractivity contribution >= 4 is 5.91 Å². The number of nitrogens with zero attached hydrogens (tertiary/aromatic N) is 1. The number of likely N-dealkylation sites (tertiary alicyclic amines) is 1. The van der Waals surface area contributed by atoms with Crippen molar-refractivity contribution in [2.24, 2.45) is 0 Å². The molecule has 3 rings (SSSR count). The number of carbonyl (C=O) groups excluding carboxylic acids is 1. The monoisotopic (exact) mass is 331 g/mol. The molecular weight excluding hydrogens is 302 g/mol. The van der Waals surface area contributed by atoms with Crippen molar-refractivity contribution in [3.8, 4) is 5.75 Å². The molecule has 1 saturated heterocycles. The number of hydrogen-bond acceptors (Lipinski definition) is 3. The number of amides is 1. The third-order valence-electron chi connectivity index (χ3n) is 5.60. The van der Waals surface area contributed by atoms with Gasteiger partial charge < -0.3 is 14.7 Å². The molecule has 1 heterocycles. The second-order valence-electron chi connectivity index (χ2n) is 7.76. The summed E-state index contributed by atoms with van der Waals surface area (Å²) in [6, 6.07) is 6.19. The number of benzene rings is 1. The molecule has 1 aromatic carbocycles. The lowest BCUT2D eigenvalue weighted by atomic mass is 9.80. The van der Waals surface area contributed by atoms with Gasteiger partial charge in [-0.1, -0.05) is 6.07 Å². The summed E-state index contributed by atoms with van der Waals surface area (Å²) in [6.07, 6.45) is 5.67. The van der Waals surface area contributed by atoms with Crippen LogP contribution in [0.2, 0.25) is 0 Å². The molecule has 1 aliphatic carbocycles. The zero-order valence-corrected chi connectivity index (χ0v) is 15.0. The standard InChI is InChI=1S/C20H29NO3/c1-20(2,23)18-8-5-11-21(18)19(22)13-15-7-4-6-14-12-16(24-3)9-10-17(14)15/h9-10,12,15,18,23H,4-8,11,13H2,1-3H3. The van der Waals surface area contributed by atoms with Crippen molar-refractivity contribution in [1.29, 1.82) is 0 Å². The first-order valence-electron chi connectivity index (χ1n) is 9.09. The predicted molar refractivity (Wildman–Crippen MR) is 94.3 cm³/mol. The van der Waals surface area contributed by atoms with Gasteiger partial charge in [-0.3, -0.25) is 4.79 Å². The lowest BCUT2D eigenvalue weighted by Crippen LogP contribution is -2.48. The van der Waals surface area contributed by atoms with E-state index in [-0.39, 0.29) is 17.9 Å². The molecule has 0 spiro atoms. The van der Waals surface area contributed by atoms with Crippen LogP contribution in [-0.4, -0.2) is 41.2 Å². The Morgan fingerprint density at radius 1 is 1.33 bits per heavy atom. The molecule has 1 aromatic rings. The summed E-state index contributed by atoms with van der Waals surface area (Å²) in [7, 11) is 1.69. The van der Waals surface area contributed by atoms with E-state index in [0.29, 0.717) is 6.42 Å². The third-order valence-corrected chi connectivity index (χ3v) is 5.60. The SMILES string of the molecule is COc1ccc2c(c1)CCCC2CC(=O)N1CCCC1C(C)(C)O. The van der Waals surface area contributed by atoms with Gasteiger partial charge in [0.05, 0.1) is 18.8 Å². The summed E-state index contributed by atoms with van der Waals surface area (Å²) in [5.74, 6) is 1.37. The van der Waals surface area contributed by atoms with E-state index in [0.717, 1.165) is 44.4 Å². The Labute approximate surface area is 144 Å². The van der Waals surface area contributed by atoms with Crippen molar-refractivity contribution in [2.75, 3.05) is 13.7 Å². The van der Waals surface area contributed by atoms with E-state index in [1.54, 1.807) is 7.11 Å². The molecule has 2 aliphatic rings. The fourth-order valence-corrected chi connectivity index (χ4v) is 4.36. The molecule has 2 atom stereocenters. The Kier molecular flexibility index (Phi) is 4.86. The van der Waals surface area contributed by atoms with E-state index < -0.39 is 5.60 Å². The minimum Gasteiger partial charge on any atom is -0.497 e. The molecule has 2 unspecified atom stereocenters. The molecule has 0 aromatic heterocycles. The van der Waals surface area contributed by atoms with Gasteiger partial charge in [-0.05, 0) is 75.1 Å². The third kappa shape index (κ3) is 3.44. The van der Waals surface area contributed by atoms with E-state index in [1.165, 1.54) is 11.1 Å². The fraction of sp³-hybridized carbons (Fsp3) is 0.650. The molecule has 4 nitrogen and oxygen atoms in total. The Morgan fingerprint density at radius 2 is 2.12 bits per heavy atom. The number of methoxy groups -OCH3 is 1. The predicted octanol–water partition coefficient (Wildman–Crippen LogP) is 3.27. The number of ether oxygens (including phenoxy) is 1. The second kappa shape index (κ2) is 6.75. The van der Waals surface area contributed by atoms with Gasteiger partial charge in [-0.25, -0.2) is 0 Å². The van der Waals surface area contributed by atoms with E-state index in [2.05, 4.69) is 12.1 Å². The Bertz CT molecular complexity index is 605. The average Bonchev–Trinajstić information content (AvgIpc) is 3.04. The molecule has 132 valence electrons. The minimum atomic E-state index is -0.829. The minimum absolute atomic E-state index is 0.0519. The van der Waals surface area contributed by atoms with Crippen molar-refractivity contribution in [3.63, 3.8) is 0 Å². The number of aryl methyl sites for hydroxylation is 1. The molecule has 0 radical (unpaired) electrons. The molecule has 4 heteroatoms. The molecular formula is C20H29NO3. The van der Waals surface area contributed by atoms with Crippen molar-refractivity contribution < 1.29 is 14.6 Å². The second-order valence-corrected chi connectivity index (χ2v) is 7.76. The van der Waals surface area contributed by atoms with Crippen molar-refractivity contribution in [3.05, 3.63) is 29.3 Å². The maximum absolute atomic E-state index is 12.9. The van der Waals surface area contributed by atoms with Gasteiger partial charge in [0.25, 0.3) is 0 Å². The van der Waals surface area contributed by atoms with Crippen LogP contribution in [0.25, 0.3) is 0 Å². The molecule has 1 aliphatic heterocycles. The number of fused-ring (bicyclic) bond motifs is 1. The molecule has 1 N–H and O–H groups in total. The molecule has 0 bridgehead atoms. The summed E-state index contributed by atoms with van der Waals surface area (Å²) in [5, 5.41) is 10.4. The van der Waals surface area contributed by atoms with Gasteiger partial charge in [-0.15, -0.1) is 0 Å². The van der Waals surface area contributed by atoms with Gasteiger partial charge in [0, 0.05) is 13.0 Å². The summed E-state index contributed by atoms with van der Waals surface area (Å²) in [4.78, 5) is 14.8. The van der Waals surface area contributed by atoms with Crippen LogP contribution in [-0.2, 0) is 11.2 Å². The lowest BCUT2D eigenvalue weighted by molar-refractivity contribution is -0.137. The summed E-state index contributed by atoms with van der Waals surface area (Å²) >= 11 is 0. The number of carbonyl (C=O) groups is 1. The quantitative estimate of drug-likeness (QED) is 0.921. The molecule has 0 saturated carbocycles. The largest absolute Gasteiger partial charge is 0.497 e. The van der Waals surface area contributed by atoms with Crippen LogP contribution < -0.4 is 4.74 Å². The van der Waals surface area contributed by atoms with Gasteiger partial charge >= 0.3 is 0 Å². The fourth-order valence-electron chi connectivity index (χ4n) is 4.36. The zero-order valence-electron chi connectivity index (χ0n) is 15.0. The van der Waals surface area contributed by atoms with E-state index in [9.17, 15) is 9.90 Å². The number of rotatable bonds is 4. The molecule has 1 fully saturated rings. The van der Waals surface area contributed by atoms with Crippen LogP contribution in [0.3, 0.4) is 0 Å². The summed E-state index contributed by atoms with van der Waals surface area (Å²) < 4.78 is 5.33. The van der Waals surface area contributed by atoms with Gasteiger partial charge in [0.15, 0.2) is 0 Å². The first-order valence-corrected chi connectivity index (χ1v) is 9.09. The normalized spacial score (nSPS) is 23.9. The van der Waals surface area contributed by atoms with Gasteiger partial charge in [0.1, 0.15) is 5.75 Å². The first kappa shape index (κ1) is 17.3. The lowest BCUT2D eigenvalue weighted by Gasteiger charge is -2.35. The average molecular weight is 331 g/mol. The Hall–Kier alpha value is -1.55. The topological polar surface area (TPSA) is 49.8 Å². The molecule has 24 heavy (non-hydrogen) atoms. The molecule has 1 amide bonds. The highest BCUT2D eigenvalue weighted by molar-refractivity contribution is 5.78. The Morgan fingerprint density at radius 3 is 2.83 bits per heavy atom. The smallest absolute Gasteiger partial charge is 0.223 e. The highest BCUT2D eigenvalue weighted by atomic mass is 16.5. The van der Waals surface area contributed by atoms with Crippen LogP contribution in [0.1, 0.15) is 63.0 Å². The summed E-state index contributed by atoms with van der Waals surface area (Å²) in [5.41, 5.74) is 1.79. The maximum atomic E-state index is 12.9.